The molecule has 0 radical (unpaired) electrons. The number of aryl methyl sites for hydroxylation is 1. The molecule has 0 aliphatic carbocycles. The van der Waals surface area contributed by atoms with Gasteiger partial charge in [0.1, 0.15) is 11.5 Å². The number of hydrogen-bond donors (Lipinski definition) is 0. The fourth-order valence-corrected chi connectivity index (χ4v) is 2.08. The minimum Gasteiger partial charge on any atom is -0.465 e. The monoisotopic (exact) mass is 290 g/mol. The first-order valence-electron chi connectivity index (χ1n) is 6.24. The Morgan fingerprint density at radius 2 is 1.85 bits per heavy atom. The van der Waals surface area contributed by atoms with E-state index in [4.69, 9.17) is 21.1 Å². The summed E-state index contributed by atoms with van der Waals surface area (Å²) in [6.45, 7) is 0. The second kappa shape index (κ2) is 6.96. The molecule has 3 nitrogen and oxygen atoms in total. The quantitative estimate of drug-likeness (QED) is 0.616. The summed E-state index contributed by atoms with van der Waals surface area (Å²) in [5.41, 5.74) is 1.34. The van der Waals surface area contributed by atoms with Gasteiger partial charge in [-0.25, -0.2) is 4.79 Å². The Hall–Kier alpha value is -2.00. The van der Waals surface area contributed by atoms with Gasteiger partial charge in [0.25, 0.3) is 0 Å². The Morgan fingerprint density at radius 3 is 2.50 bits per heavy atom. The van der Waals surface area contributed by atoms with Crippen LogP contribution in [0.25, 0.3) is 0 Å². The van der Waals surface area contributed by atoms with Crippen LogP contribution >= 0.6 is 11.6 Å². The molecule has 0 aliphatic heterocycles. The van der Waals surface area contributed by atoms with Gasteiger partial charge in [0.05, 0.1) is 12.7 Å². The van der Waals surface area contributed by atoms with E-state index >= 15 is 0 Å². The highest BCUT2D eigenvalue weighted by Gasteiger charge is 2.12. The van der Waals surface area contributed by atoms with Crippen molar-refractivity contribution in [3.8, 4) is 11.5 Å². The maximum Gasteiger partial charge on any atom is 0.338 e. The highest BCUT2D eigenvalue weighted by Crippen LogP contribution is 2.24. The lowest BCUT2D eigenvalue weighted by atomic mass is 10.0. The first-order valence-corrected chi connectivity index (χ1v) is 6.78. The zero-order chi connectivity index (χ0) is 14.4. The molecular weight excluding hydrogens is 276 g/mol. The maximum atomic E-state index is 11.7. The minimum absolute atomic E-state index is 0.364. The molecule has 0 fully saturated rings. The van der Waals surface area contributed by atoms with E-state index in [1.54, 1.807) is 12.1 Å². The molecule has 0 aliphatic rings. The summed E-state index contributed by atoms with van der Waals surface area (Å²) in [5, 5.41) is 0. The van der Waals surface area contributed by atoms with Crippen molar-refractivity contribution in [1.29, 1.82) is 0 Å². The lowest BCUT2D eigenvalue weighted by molar-refractivity contribution is 0.0599. The number of carbonyl (C=O) groups is 1. The lowest BCUT2D eigenvalue weighted by Crippen LogP contribution is -2.06. The molecule has 0 atom stereocenters. The Labute approximate surface area is 123 Å². The van der Waals surface area contributed by atoms with Crippen molar-refractivity contribution in [2.24, 2.45) is 0 Å². The van der Waals surface area contributed by atoms with Gasteiger partial charge in [-0.05, 0) is 42.3 Å². The van der Waals surface area contributed by atoms with Crippen molar-refractivity contribution in [3.05, 3.63) is 59.7 Å². The number of para-hydroxylation sites is 1. The van der Waals surface area contributed by atoms with Crippen molar-refractivity contribution in [2.45, 2.75) is 6.42 Å². The summed E-state index contributed by atoms with van der Waals surface area (Å²) >= 11 is 5.78. The second-order valence-electron chi connectivity index (χ2n) is 4.16. The summed E-state index contributed by atoms with van der Waals surface area (Å²) in [5.74, 6) is 1.48. The van der Waals surface area contributed by atoms with E-state index < -0.39 is 0 Å². The van der Waals surface area contributed by atoms with Gasteiger partial charge in [-0.3, -0.25) is 0 Å². The van der Waals surface area contributed by atoms with Crippen molar-refractivity contribution in [1.82, 2.24) is 0 Å². The largest absolute Gasteiger partial charge is 0.465 e. The standard InChI is InChI=1S/C16H15ClO3/c1-19-16(18)15-8-7-14(11-12(15)9-10-17)20-13-5-3-2-4-6-13/h2-8,11H,9-10H2,1H3. The number of carbonyl (C=O) groups excluding carboxylic acids is 1. The highest BCUT2D eigenvalue weighted by molar-refractivity contribution is 6.18. The summed E-state index contributed by atoms with van der Waals surface area (Å²) in [6.07, 6.45) is 0.581. The first kappa shape index (κ1) is 14.4. The van der Waals surface area contributed by atoms with Crippen molar-refractivity contribution >= 4 is 17.6 Å². The van der Waals surface area contributed by atoms with E-state index in [9.17, 15) is 4.79 Å². The van der Waals surface area contributed by atoms with Crippen LogP contribution in [0.15, 0.2) is 48.5 Å². The van der Waals surface area contributed by atoms with E-state index in [1.807, 2.05) is 36.4 Å². The minimum atomic E-state index is -0.364. The molecule has 0 spiro atoms. The molecule has 2 aromatic carbocycles. The fourth-order valence-electron chi connectivity index (χ4n) is 1.88. The number of rotatable bonds is 5. The van der Waals surface area contributed by atoms with Crippen LogP contribution in [0.1, 0.15) is 15.9 Å². The molecule has 0 bridgehead atoms. The number of ether oxygens (including phenoxy) is 2. The average molecular weight is 291 g/mol. The van der Waals surface area contributed by atoms with Crippen molar-refractivity contribution < 1.29 is 14.3 Å². The van der Waals surface area contributed by atoms with Gasteiger partial charge in [0.15, 0.2) is 0 Å². The molecule has 2 rings (SSSR count). The van der Waals surface area contributed by atoms with Gasteiger partial charge >= 0.3 is 5.97 Å². The van der Waals surface area contributed by atoms with Crippen LogP contribution in [0, 0.1) is 0 Å². The second-order valence-corrected chi connectivity index (χ2v) is 4.54. The van der Waals surface area contributed by atoms with E-state index in [2.05, 4.69) is 0 Å². The van der Waals surface area contributed by atoms with Crippen LogP contribution in [0.2, 0.25) is 0 Å². The van der Waals surface area contributed by atoms with E-state index in [-0.39, 0.29) is 5.97 Å². The Morgan fingerprint density at radius 1 is 1.10 bits per heavy atom. The molecule has 0 unspecified atom stereocenters. The number of esters is 1. The Bertz CT molecular complexity index is 582. The number of hydrogen-bond acceptors (Lipinski definition) is 3. The van der Waals surface area contributed by atoms with Gasteiger partial charge in [-0.2, -0.15) is 0 Å². The van der Waals surface area contributed by atoms with Crippen molar-refractivity contribution in [3.63, 3.8) is 0 Å². The van der Waals surface area contributed by atoms with Crippen LogP contribution in [0.3, 0.4) is 0 Å². The van der Waals surface area contributed by atoms with Gasteiger partial charge in [0, 0.05) is 5.88 Å². The van der Waals surface area contributed by atoms with Gasteiger partial charge in [0.2, 0.25) is 0 Å². The molecule has 0 N–H and O–H groups in total. The number of benzene rings is 2. The van der Waals surface area contributed by atoms with Gasteiger partial charge in [-0.1, -0.05) is 18.2 Å². The zero-order valence-electron chi connectivity index (χ0n) is 11.1. The van der Waals surface area contributed by atoms with Crippen LogP contribution < -0.4 is 4.74 Å². The Balaban J connectivity index is 2.27. The van der Waals surface area contributed by atoms with Crippen LogP contribution in [0.4, 0.5) is 0 Å². The number of methoxy groups -OCH3 is 1. The summed E-state index contributed by atoms with van der Waals surface area (Å²) in [7, 11) is 1.36. The molecule has 0 aromatic heterocycles. The molecule has 0 saturated carbocycles. The smallest absolute Gasteiger partial charge is 0.338 e. The molecule has 0 heterocycles. The molecule has 104 valence electrons. The number of halogens is 1. The number of alkyl halides is 1. The predicted octanol–water partition coefficient (Wildman–Crippen LogP) is 4.05. The SMILES string of the molecule is COC(=O)c1ccc(Oc2ccccc2)cc1CCCl. The van der Waals surface area contributed by atoms with E-state index in [0.29, 0.717) is 23.6 Å². The normalized spacial score (nSPS) is 10.1. The zero-order valence-corrected chi connectivity index (χ0v) is 11.9. The van der Waals surface area contributed by atoms with E-state index in [1.165, 1.54) is 7.11 Å². The van der Waals surface area contributed by atoms with Crippen LogP contribution in [0.5, 0.6) is 11.5 Å². The predicted molar refractivity (Wildman–Crippen MR) is 78.7 cm³/mol. The third kappa shape index (κ3) is 3.52. The maximum absolute atomic E-state index is 11.7. The molecule has 4 heteroatoms. The van der Waals surface area contributed by atoms with Crippen molar-refractivity contribution in [2.75, 3.05) is 13.0 Å². The van der Waals surface area contributed by atoms with E-state index in [0.717, 1.165) is 11.3 Å². The lowest BCUT2D eigenvalue weighted by Gasteiger charge is -2.10. The summed E-state index contributed by atoms with van der Waals surface area (Å²) < 4.78 is 10.5. The third-order valence-corrected chi connectivity index (χ3v) is 3.01. The van der Waals surface area contributed by atoms with Crippen LogP contribution in [-0.2, 0) is 11.2 Å². The third-order valence-electron chi connectivity index (χ3n) is 2.82. The first-order chi connectivity index (χ1) is 9.74. The molecule has 2 aromatic rings. The highest BCUT2D eigenvalue weighted by atomic mass is 35.5. The van der Waals surface area contributed by atoms with Gasteiger partial charge in [-0.15, -0.1) is 11.6 Å². The molecule has 0 amide bonds. The summed E-state index contributed by atoms with van der Waals surface area (Å²) in [4.78, 5) is 11.7. The molecule has 0 saturated heterocycles. The topological polar surface area (TPSA) is 35.5 Å². The molecular formula is C16H15ClO3. The summed E-state index contributed by atoms with van der Waals surface area (Å²) in [6, 6.07) is 14.7. The fraction of sp³-hybridized carbons (Fsp3) is 0.188. The average Bonchev–Trinajstić information content (AvgIpc) is 2.48. The van der Waals surface area contributed by atoms with Gasteiger partial charge < -0.3 is 9.47 Å². The molecule has 20 heavy (non-hydrogen) atoms. The van der Waals surface area contributed by atoms with Crippen LogP contribution in [-0.4, -0.2) is 19.0 Å². The Kier molecular flexibility index (Phi) is 5.02.